The van der Waals surface area contributed by atoms with Gasteiger partial charge in [-0.15, -0.1) is 5.01 Å². The van der Waals surface area contributed by atoms with Gasteiger partial charge in [-0.3, -0.25) is 0 Å². The maximum absolute atomic E-state index is 11.2. The van der Waals surface area contributed by atoms with E-state index >= 15 is 0 Å². The molecule has 0 aliphatic rings. The molecule has 1 amide bonds. The van der Waals surface area contributed by atoms with Crippen LogP contribution >= 0.6 is 0 Å². The van der Waals surface area contributed by atoms with E-state index in [2.05, 4.69) is 4.74 Å². The van der Waals surface area contributed by atoms with E-state index in [1.165, 1.54) is 12.1 Å². The Bertz CT molecular complexity index is 354. The van der Waals surface area contributed by atoms with Crippen LogP contribution in [0.5, 0.6) is 0 Å². The second kappa shape index (κ2) is 4.80. The average Bonchev–Trinajstić information content (AvgIpc) is 2.26. The Morgan fingerprint density at radius 3 is 2.53 bits per heavy atom. The standard InChI is InChI=1S/C8H9N3O4/c1-15-8(12)10(9-11(13)14)7-5-3-2-4-6-7/h2-6,9H,1H3. The first-order chi connectivity index (χ1) is 7.15. The summed E-state index contributed by atoms with van der Waals surface area (Å²) < 4.78 is 4.39. The van der Waals surface area contributed by atoms with Gasteiger partial charge >= 0.3 is 6.09 Å². The van der Waals surface area contributed by atoms with Crippen molar-refractivity contribution in [2.75, 3.05) is 12.1 Å². The van der Waals surface area contributed by atoms with Gasteiger partial charge in [-0.1, -0.05) is 18.2 Å². The molecule has 0 unspecified atom stereocenters. The van der Waals surface area contributed by atoms with Crippen molar-refractivity contribution >= 4 is 11.8 Å². The first-order valence-electron chi connectivity index (χ1n) is 3.99. The number of carbonyl (C=O) groups excluding carboxylic acids is 1. The second-order valence-electron chi connectivity index (χ2n) is 2.50. The first kappa shape index (κ1) is 10.8. The van der Waals surface area contributed by atoms with Crippen molar-refractivity contribution < 1.29 is 14.6 Å². The minimum absolute atomic E-state index is 0.320. The Hall–Kier alpha value is -2.31. The number of hydrogen-bond donors (Lipinski definition) is 1. The number of methoxy groups -OCH3 is 1. The molecule has 80 valence electrons. The van der Waals surface area contributed by atoms with E-state index in [1.807, 2.05) is 0 Å². The van der Waals surface area contributed by atoms with E-state index in [1.54, 1.807) is 23.7 Å². The molecule has 1 aromatic rings. The fourth-order valence-electron chi connectivity index (χ4n) is 0.954. The summed E-state index contributed by atoms with van der Waals surface area (Å²) in [7, 11) is 1.14. The lowest BCUT2D eigenvalue weighted by Gasteiger charge is -2.16. The molecule has 1 rings (SSSR count). The summed E-state index contributed by atoms with van der Waals surface area (Å²) in [5.74, 6) is 0. The second-order valence-corrected chi connectivity index (χ2v) is 2.50. The molecule has 0 spiro atoms. The third-order valence-electron chi connectivity index (χ3n) is 1.55. The quantitative estimate of drug-likeness (QED) is 0.594. The number of anilines is 1. The summed E-state index contributed by atoms with van der Waals surface area (Å²) in [6, 6.07) is 8.09. The summed E-state index contributed by atoms with van der Waals surface area (Å²) in [4.78, 5) is 21.4. The Morgan fingerprint density at radius 1 is 1.47 bits per heavy atom. The van der Waals surface area contributed by atoms with Crippen LogP contribution in [0.25, 0.3) is 0 Å². The minimum Gasteiger partial charge on any atom is -0.451 e. The number of benzene rings is 1. The number of nitro groups is 1. The molecule has 0 atom stereocenters. The van der Waals surface area contributed by atoms with Crippen LogP contribution in [0.3, 0.4) is 0 Å². The average molecular weight is 211 g/mol. The van der Waals surface area contributed by atoms with Gasteiger partial charge in [-0.05, 0) is 17.7 Å². The molecule has 0 radical (unpaired) electrons. The van der Waals surface area contributed by atoms with Crippen LogP contribution in [0.2, 0.25) is 0 Å². The van der Waals surface area contributed by atoms with Gasteiger partial charge in [0, 0.05) is 0 Å². The molecular formula is C8H9N3O4. The van der Waals surface area contributed by atoms with Crippen molar-refractivity contribution in [3.63, 3.8) is 0 Å². The Labute approximate surface area is 85.3 Å². The molecule has 15 heavy (non-hydrogen) atoms. The van der Waals surface area contributed by atoms with E-state index in [0.29, 0.717) is 10.7 Å². The van der Waals surface area contributed by atoms with Crippen LogP contribution in [-0.2, 0) is 4.74 Å². The molecule has 0 fully saturated rings. The first-order valence-corrected chi connectivity index (χ1v) is 3.99. The topological polar surface area (TPSA) is 84.7 Å². The fourth-order valence-corrected chi connectivity index (χ4v) is 0.954. The minimum atomic E-state index is -0.863. The number of rotatable bonds is 3. The Balaban J connectivity index is 2.91. The monoisotopic (exact) mass is 211 g/mol. The van der Waals surface area contributed by atoms with E-state index in [4.69, 9.17) is 0 Å². The Kier molecular flexibility index (Phi) is 3.44. The molecule has 7 heteroatoms. The Morgan fingerprint density at radius 2 is 2.07 bits per heavy atom. The van der Waals surface area contributed by atoms with E-state index in [-0.39, 0.29) is 0 Å². The van der Waals surface area contributed by atoms with Crippen molar-refractivity contribution in [2.45, 2.75) is 0 Å². The predicted octanol–water partition coefficient (Wildman–Crippen LogP) is 0.956. The molecule has 0 aliphatic heterocycles. The highest BCUT2D eigenvalue weighted by molar-refractivity contribution is 5.86. The zero-order valence-electron chi connectivity index (χ0n) is 7.91. The summed E-state index contributed by atoms with van der Waals surface area (Å²) in [5, 5.41) is 10.1. The third-order valence-corrected chi connectivity index (χ3v) is 1.55. The molecule has 0 bridgehead atoms. The maximum atomic E-state index is 11.2. The molecule has 1 aromatic carbocycles. The van der Waals surface area contributed by atoms with Gasteiger partial charge in [0.25, 0.3) is 0 Å². The van der Waals surface area contributed by atoms with Crippen LogP contribution in [0, 0.1) is 10.1 Å². The number of nitrogens with zero attached hydrogens (tertiary/aromatic N) is 2. The van der Waals surface area contributed by atoms with Crippen molar-refractivity contribution in [3.8, 4) is 0 Å². The highest BCUT2D eigenvalue weighted by Crippen LogP contribution is 2.11. The van der Waals surface area contributed by atoms with Gasteiger partial charge in [0.2, 0.25) is 0 Å². The van der Waals surface area contributed by atoms with E-state index in [9.17, 15) is 14.9 Å². The van der Waals surface area contributed by atoms with Gasteiger partial charge < -0.3 is 4.74 Å². The predicted molar refractivity (Wildman–Crippen MR) is 51.5 cm³/mol. The van der Waals surface area contributed by atoms with E-state index < -0.39 is 11.1 Å². The molecular weight excluding hydrogens is 202 g/mol. The van der Waals surface area contributed by atoms with Gasteiger partial charge in [-0.2, -0.15) is 0 Å². The lowest BCUT2D eigenvalue weighted by molar-refractivity contribution is -0.544. The lowest BCUT2D eigenvalue weighted by atomic mass is 10.3. The van der Waals surface area contributed by atoms with Crippen molar-refractivity contribution in [1.29, 1.82) is 0 Å². The molecule has 0 aliphatic carbocycles. The molecule has 0 aromatic heterocycles. The number of nitrogens with one attached hydrogen (secondary N) is 1. The summed E-state index contributed by atoms with van der Waals surface area (Å²) in [5.41, 5.74) is 2.05. The number of ether oxygens (including phenoxy) is 1. The lowest BCUT2D eigenvalue weighted by Crippen LogP contribution is -2.46. The highest BCUT2D eigenvalue weighted by Gasteiger charge is 2.19. The fraction of sp³-hybridized carbons (Fsp3) is 0.125. The van der Waals surface area contributed by atoms with Gasteiger partial charge in [-0.25, -0.2) is 14.9 Å². The van der Waals surface area contributed by atoms with Crippen LogP contribution in [-0.4, -0.2) is 18.2 Å². The summed E-state index contributed by atoms with van der Waals surface area (Å²) in [6.45, 7) is 0. The highest BCUT2D eigenvalue weighted by atomic mass is 16.7. The number of carbonyl (C=O) groups is 1. The van der Waals surface area contributed by atoms with Gasteiger partial charge in [0.05, 0.1) is 12.8 Å². The molecule has 0 saturated heterocycles. The number of hydrazine groups is 2. The van der Waals surface area contributed by atoms with Crippen molar-refractivity contribution in [2.24, 2.45) is 0 Å². The van der Waals surface area contributed by atoms with Crippen LogP contribution < -0.4 is 10.5 Å². The largest absolute Gasteiger partial charge is 0.451 e. The van der Waals surface area contributed by atoms with Gasteiger partial charge in [0.1, 0.15) is 0 Å². The van der Waals surface area contributed by atoms with Crippen molar-refractivity contribution in [1.82, 2.24) is 5.53 Å². The van der Waals surface area contributed by atoms with Crippen LogP contribution in [0.4, 0.5) is 10.5 Å². The SMILES string of the molecule is COC(=O)N(N[N+](=O)[O-])c1ccccc1. The smallest absolute Gasteiger partial charge is 0.437 e. The third kappa shape index (κ3) is 2.83. The van der Waals surface area contributed by atoms with Crippen LogP contribution in [0.15, 0.2) is 30.3 Å². The summed E-state index contributed by atoms with van der Waals surface area (Å²) in [6.07, 6.45) is -0.863. The normalized spacial score (nSPS) is 9.13. The number of hydrogen-bond acceptors (Lipinski definition) is 4. The van der Waals surface area contributed by atoms with Crippen LogP contribution in [0.1, 0.15) is 0 Å². The maximum Gasteiger partial charge on any atom is 0.437 e. The van der Waals surface area contributed by atoms with Gasteiger partial charge in [0.15, 0.2) is 5.03 Å². The molecule has 7 nitrogen and oxygen atoms in total. The summed E-state index contributed by atoms with van der Waals surface area (Å²) >= 11 is 0. The zero-order chi connectivity index (χ0) is 11.3. The van der Waals surface area contributed by atoms with E-state index in [0.717, 1.165) is 7.11 Å². The molecule has 0 heterocycles. The van der Waals surface area contributed by atoms with Crippen molar-refractivity contribution in [3.05, 3.63) is 40.4 Å². The molecule has 0 saturated carbocycles. The number of amides is 1. The number of para-hydroxylation sites is 1. The molecule has 1 N–H and O–H groups in total. The zero-order valence-corrected chi connectivity index (χ0v) is 7.91.